The zero-order valence-corrected chi connectivity index (χ0v) is 11.7. The van der Waals surface area contributed by atoms with Gasteiger partial charge in [0.25, 0.3) is 0 Å². The fourth-order valence-corrected chi connectivity index (χ4v) is 2.25. The first-order valence-electron chi connectivity index (χ1n) is 5.82. The monoisotopic (exact) mass is 262 g/mol. The van der Waals surface area contributed by atoms with Crippen LogP contribution in [0, 0.1) is 13.8 Å². The number of aryl methyl sites for hydroxylation is 2. The first kappa shape index (κ1) is 12.9. The SMILES string of the molecule is Cc1cnc(-c2nc(C)c(C(C)C)c(Cl)n2)nc1. The van der Waals surface area contributed by atoms with Gasteiger partial charge in [-0.3, -0.25) is 0 Å². The number of halogens is 1. The first-order valence-corrected chi connectivity index (χ1v) is 6.20. The van der Waals surface area contributed by atoms with Gasteiger partial charge in [-0.1, -0.05) is 25.4 Å². The van der Waals surface area contributed by atoms with Gasteiger partial charge in [0.2, 0.25) is 0 Å². The molecular weight excluding hydrogens is 248 g/mol. The van der Waals surface area contributed by atoms with Gasteiger partial charge in [-0.15, -0.1) is 0 Å². The molecule has 0 fully saturated rings. The average Bonchev–Trinajstić information content (AvgIpc) is 2.28. The van der Waals surface area contributed by atoms with Crippen molar-refractivity contribution in [2.75, 3.05) is 0 Å². The summed E-state index contributed by atoms with van der Waals surface area (Å²) in [5.41, 5.74) is 2.86. The summed E-state index contributed by atoms with van der Waals surface area (Å²) in [7, 11) is 0. The van der Waals surface area contributed by atoms with Crippen LogP contribution in [-0.4, -0.2) is 19.9 Å². The van der Waals surface area contributed by atoms with Crippen molar-refractivity contribution in [3.8, 4) is 11.6 Å². The minimum atomic E-state index is 0.297. The van der Waals surface area contributed by atoms with Gasteiger partial charge in [0.15, 0.2) is 11.6 Å². The van der Waals surface area contributed by atoms with Crippen LogP contribution in [0.3, 0.4) is 0 Å². The van der Waals surface area contributed by atoms with Gasteiger partial charge in [-0.05, 0) is 25.3 Å². The Bertz CT molecular complexity index is 541. The third-order valence-electron chi connectivity index (χ3n) is 2.65. The van der Waals surface area contributed by atoms with Crippen LogP contribution in [0.25, 0.3) is 11.6 Å². The van der Waals surface area contributed by atoms with Gasteiger partial charge in [0, 0.05) is 23.7 Å². The van der Waals surface area contributed by atoms with E-state index in [-0.39, 0.29) is 0 Å². The molecule has 0 aromatic carbocycles. The highest BCUT2D eigenvalue weighted by Gasteiger charge is 2.15. The summed E-state index contributed by atoms with van der Waals surface area (Å²) in [4.78, 5) is 17.1. The Labute approximate surface area is 111 Å². The largest absolute Gasteiger partial charge is 0.234 e. The molecule has 94 valence electrons. The normalized spacial score (nSPS) is 11.0. The molecule has 0 unspecified atom stereocenters. The second kappa shape index (κ2) is 4.98. The summed E-state index contributed by atoms with van der Waals surface area (Å²) >= 11 is 6.20. The lowest BCUT2D eigenvalue weighted by Gasteiger charge is -2.11. The van der Waals surface area contributed by atoms with E-state index in [1.807, 2.05) is 13.8 Å². The van der Waals surface area contributed by atoms with Crippen LogP contribution in [0.4, 0.5) is 0 Å². The molecule has 0 bridgehead atoms. The summed E-state index contributed by atoms with van der Waals surface area (Å²) < 4.78 is 0. The summed E-state index contributed by atoms with van der Waals surface area (Å²) in [6, 6.07) is 0. The lowest BCUT2D eigenvalue weighted by Crippen LogP contribution is -2.03. The predicted octanol–water partition coefficient (Wildman–Crippen LogP) is 3.33. The van der Waals surface area contributed by atoms with Crippen LogP contribution < -0.4 is 0 Å². The fourth-order valence-electron chi connectivity index (χ4n) is 1.81. The molecule has 0 aliphatic heterocycles. The number of hydrogen-bond donors (Lipinski definition) is 0. The third kappa shape index (κ3) is 2.48. The molecule has 0 spiro atoms. The van der Waals surface area contributed by atoms with Crippen LogP contribution in [-0.2, 0) is 0 Å². The summed E-state index contributed by atoms with van der Waals surface area (Å²) in [5.74, 6) is 1.27. The maximum Gasteiger partial charge on any atom is 0.199 e. The molecule has 0 atom stereocenters. The zero-order valence-electron chi connectivity index (χ0n) is 10.9. The van der Waals surface area contributed by atoms with E-state index in [1.54, 1.807) is 12.4 Å². The van der Waals surface area contributed by atoms with Crippen LogP contribution in [0.1, 0.15) is 36.6 Å². The minimum absolute atomic E-state index is 0.297. The molecule has 0 aliphatic carbocycles. The van der Waals surface area contributed by atoms with Gasteiger partial charge < -0.3 is 0 Å². The van der Waals surface area contributed by atoms with Crippen LogP contribution in [0.5, 0.6) is 0 Å². The molecule has 0 radical (unpaired) electrons. The molecule has 4 nitrogen and oxygen atoms in total. The van der Waals surface area contributed by atoms with Crippen LogP contribution in [0.2, 0.25) is 5.15 Å². The van der Waals surface area contributed by atoms with Crippen molar-refractivity contribution in [3.63, 3.8) is 0 Å². The molecule has 0 saturated carbocycles. The fraction of sp³-hybridized carbons (Fsp3) is 0.385. The van der Waals surface area contributed by atoms with Crippen molar-refractivity contribution >= 4 is 11.6 Å². The van der Waals surface area contributed by atoms with E-state index in [0.717, 1.165) is 16.8 Å². The van der Waals surface area contributed by atoms with Crippen molar-refractivity contribution in [1.29, 1.82) is 0 Å². The lowest BCUT2D eigenvalue weighted by molar-refractivity contribution is 0.829. The van der Waals surface area contributed by atoms with E-state index in [1.165, 1.54) is 0 Å². The van der Waals surface area contributed by atoms with Gasteiger partial charge in [-0.2, -0.15) is 0 Å². The quantitative estimate of drug-likeness (QED) is 0.779. The third-order valence-corrected chi connectivity index (χ3v) is 2.94. The van der Waals surface area contributed by atoms with E-state index in [0.29, 0.717) is 22.7 Å². The average molecular weight is 263 g/mol. The molecule has 0 aliphatic rings. The van der Waals surface area contributed by atoms with Crippen molar-refractivity contribution in [2.24, 2.45) is 0 Å². The van der Waals surface area contributed by atoms with E-state index < -0.39 is 0 Å². The highest BCUT2D eigenvalue weighted by atomic mass is 35.5. The molecule has 0 saturated heterocycles. The Morgan fingerprint density at radius 2 is 1.61 bits per heavy atom. The number of hydrogen-bond acceptors (Lipinski definition) is 4. The standard InChI is InChI=1S/C13H15ClN4/c1-7(2)10-9(4)17-13(18-11(10)14)12-15-5-8(3)6-16-12/h5-7H,1-4H3. The van der Waals surface area contributed by atoms with Crippen LogP contribution in [0.15, 0.2) is 12.4 Å². The van der Waals surface area contributed by atoms with Gasteiger partial charge in [0.1, 0.15) is 5.15 Å². The molecule has 5 heteroatoms. The van der Waals surface area contributed by atoms with Gasteiger partial charge in [-0.25, -0.2) is 19.9 Å². The van der Waals surface area contributed by atoms with E-state index in [2.05, 4.69) is 33.8 Å². The van der Waals surface area contributed by atoms with Crippen molar-refractivity contribution < 1.29 is 0 Å². The van der Waals surface area contributed by atoms with Crippen molar-refractivity contribution in [3.05, 3.63) is 34.4 Å². The Morgan fingerprint density at radius 1 is 1.00 bits per heavy atom. The van der Waals surface area contributed by atoms with Crippen molar-refractivity contribution in [2.45, 2.75) is 33.6 Å². The number of aromatic nitrogens is 4. The summed E-state index contributed by atoms with van der Waals surface area (Å²) in [6.07, 6.45) is 3.48. The first-order chi connectivity index (χ1) is 8.49. The highest BCUT2D eigenvalue weighted by Crippen LogP contribution is 2.26. The van der Waals surface area contributed by atoms with Gasteiger partial charge in [0.05, 0.1) is 0 Å². The van der Waals surface area contributed by atoms with E-state index >= 15 is 0 Å². The molecule has 2 rings (SSSR count). The minimum Gasteiger partial charge on any atom is -0.234 e. The van der Waals surface area contributed by atoms with E-state index in [4.69, 9.17) is 11.6 Å². The zero-order chi connectivity index (χ0) is 13.3. The predicted molar refractivity (Wildman–Crippen MR) is 71.6 cm³/mol. The number of rotatable bonds is 2. The van der Waals surface area contributed by atoms with Gasteiger partial charge >= 0.3 is 0 Å². The maximum absolute atomic E-state index is 6.20. The Hall–Kier alpha value is -1.55. The molecular formula is C13H15ClN4. The number of nitrogens with zero attached hydrogens (tertiary/aromatic N) is 4. The topological polar surface area (TPSA) is 51.6 Å². The summed E-state index contributed by atoms with van der Waals surface area (Å²) in [6.45, 7) is 8.00. The second-order valence-electron chi connectivity index (χ2n) is 4.58. The highest BCUT2D eigenvalue weighted by molar-refractivity contribution is 6.30. The van der Waals surface area contributed by atoms with E-state index in [9.17, 15) is 0 Å². The Morgan fingerprint density at radius 3 is 2.11 bits per heavy atom. The van der Waals surface area contributed by atoms with Crippen molar-refractivity contribution in [1.82, 2.24) is 19.9 Å². The molecule has 2 aromatic heterocycles. The molecule has 0 amide bonds. The van der Waals surface area contributed by atoms with Crippen LogP contribution >= 0.6 is 11.6 Å². The molecule has 0 N–H and O–H groups in total. The maximum atomic E-state index is 6.20. The Kier molecular flexibility index (Phi) is 3.57. The Balaban J connectivity index is 2.51. The molecule has 18 heavy (non-hydrogen) atoms. The molecule has 2 aromatic rings. The smallest absolute Gasteiger partial charge is 0.199 e. The lowest BCUT2D eigenvalue weighted by atomic mass is 10.0. The summed E-state index contributed by atoms with van der Waals surface area (Å²) in [5, 5.41) is 0.483. The molecule has 2 heterocycles. The second-order valence-corrected chi connectivity index (χ2v) is 4.93.